The van der Waals surface area contributed by atoms with E-state index in [1.54, 1.807) is 42.5 Å². The largest absolute Gasteiger partial charge is 0.497 e. The summed E-state index contributed by atoms with van der Waals surface area (Å²) < 4.78 is 21.0. The molecular weight excluding hydrogens is 390 g/mol. The number of carbonyl (C=O) groups is 2. The molecule has 0 unspecified atom stereocenters. The second-order valence-corrected chi connectivity index (χ2v) is 5.73. The van der Waals surface area contributed by atoms with Gasteiger partial charge in [-0.25, -0.2) is 5.43 Å². The van der Waals surface area contributed by atoms with Crippen LogP contribution in [0.4, 0.5) is 5.69 Å². The first-order valence-corrected chi connectivity index (χ1v) is 8.80. The van der Waals surface area contributed by atoms with Crippen molar-refractivity contribution in [3.63, 3.8) is 0 Å². The van der Waals surface area contributed by atoms with Crippen LogP contribution in [0.5, 0.6) is 23.0 Å². The molecule has 30 heavy (non-hydrogen) atoms. The summed E-state index contributed by atoms with van der Waals surface area (Å²) >= 11 is 0. The number of rotatable bonds is 9. The first-order valence-electron chi connectivity index (χ1n) is 8.80. The number of nitrogens with zero attached hydrogens (tertiary/aromatic N) is 1. The predicted molar refractivity (Wildman–Crippen MR) is 113 cm³/mol. The number of hydrogen-bond donors (Lipinski definition) is 2. The SMILES string of the molecule is C=CCOc1ccc(/C=N\NC(=O)C(=O)Nc2ccc(OC)cc2OC)cc1OC. The number of amides is 2. The van der Waals surface area contributed by atoms with Crippen LogP contribution in [-0.4, -0.2) is 46.0 Å². The molecule has 9 nitrogen and oxygen atoms in total. The summed E-state index contributed by atoms with van der Waals surface area (Å²) in [5, 5.41) is 6.25. The van der Waals surface area contributed by atoms with E-state index in [-0.39, 0.29) is 0 Å². The van der Waals surface area contributed by atoms with Gasteiger partial charge in [0.15, 0.2) is 11.5 Å². The summed E-state index contributed by atoms with van der Waals surface area (Å²) in [6, 6.07) is 9.88. The molecular formula is C21H23N3O6. The Morgan fingerprint density at radius 2 is 1.73 bits per heavy atom. The maximum absolute atomic E-state index is 12.1. The zero-order chi connectivity index (χ0) is 21.9. The van der Waals surface area contributed by atoms with Gasteiger partial charge in [0.25, 0.3) is 0 Å². The first-order chi connectivity index (χ1) is 14.5. The van der Waals surface area contributed by atoms with Crippen molar-refractivity contribution < 1.29 is 28.5 Å². The van der Waals surface area contributed by atoms with Gasteiger partial charge in [-0.3, -0.25) is 9.59 Å². The van der Waals surface area contributed by atoms with Crippen molar-refractivity contribution in [1.29, 1.82) is 0 Å². The topological polar surface area (TPSA) is 107 Å². The van der Waals surface area contributed by atoms with E-state index in [1.165, 1.54) is 27.5 Å². The summed E-state index contributed by atoms with van der Waals surface area (Å²) in [5.41, 5.74) is 3.12. The first kappa shape index (κ1) is 22.3. The molecule has 0 aliphatic carbocycles. The summed E-state index contributed by atoms with van der Waals surface area (Å²) in [5.74, 6) is 0.103. The second kappa shape index (κ2) is 11.1. The van der Waals surface area contributed by atoms with Crippen molar-refractivity contribution in [3.8, 4) is 23.0 Å². The summed E-state index contributed by atoms with van der Waals surface area (Å²) in [6.07, 6.45) is 3.00. The van der Waals surface area contributed by atoms with Crippen molar-refractivity contribution in [2.24, 2.45) is 5.10 Å². The maximum atomic E-state index is 12.1. The van der Waals surface area contributed by atoms with Crippen molar-refractivity contribution in [3.05, 3.63) is 54.6 Å². The van der Waals surface area contributed by atoms with Crippen LogP contribution in [0.3, 0.4) is 0 Å². The molecule has 0 saturated heterocycles. The fourth-order valence-electron chi connectivity index (χ4n) is 2.33. The molecule has 2 aromatic carbocycles. The molecule has 0 heterocycles. The summed E-state index contributed by atoms with van der Waals surface area (Å²) in [6.45, 7) is 3.93. The third kappa shape index (κ3) is 5.99. The number of benzene rings is 2. The van der Waals surface area contributed by atoms with Gasteiger partial charge in [-0.2, -0.15) is 5.10 Å². The van der Waals surface area contributed by atoms with Crippen LogP contribution < -0.4 is 29.7 Å². The minimum absolute atomic E-state index is 0.322. The lowest BCUT2D eigenvalue weighted by Gasteiger charge is -2.11. The lowest BCUT2D eigenvalue weighted by Crippen LogP contribution is -2.32. The molecule has 9 heteroatoms. The molecule has 0 fully saturated rings. The quantitative estimate of drug-likeness (QED) is 0.283. The average molecular weight is 413 g/mol. The maximum Gasteiger partial charge on any atom is 0.329 e. The number of ether oxygens (including phenoxy) is 4. The molecule has 0 saturated carbocycles. The van der Waals surface area contributed by atoms with Crippen LogP contribution in [0.25, 0.3) is 0 Å². The van der Waals surface area contributed by atoms with Crippen LogP contribution in [0.1, 0.15) is 5.56 Å². The Balaban J connectivity index is 1.99. The van der Waals surface area contributed by atoms with Gasteiger partial charge in [-0.1, -0.05) is 12.7 Å². The molecule has 0 aliphatic rings. The van der Waals surface area contributed by atoms with E-state index in [4.69, 9.17) is 18.9 Å². The van der Waals surface area contributed by atoms with Crippen LogP contribution in [0.15, 0.2) is 54.2 Å². The molecule has 0 aliphatic heterocycles. The standard InChI is InChI=1S/C21H23N3O6/c1-5-10-30-17-9-6-14(11-19(17)29-4)13-22-24-21(26)20(25)23-16-8-7-15(27-2)12-18(16)28-3/h5-9,11-13H,1,10H2,2-4H3,(H,23,25)(H,24,26)/b22-13-. The third-order valence-electron chi connectivity index (χ3n) is 3.79. The molecule has 2 aromatic rings. The number of methoxy groups -OCH3 is 3. The van der Waals surface area contributed by atoms with Gasteiger partial charge in [0.2, 0.25) is 0 Å². The van der Waals surface area contributed by atoms with Gasteiger partial charge >= 0.3 is 11.8 Å². The molecule has 158 valence electrons. The number of hydrazone groups is 1. The Morgan fingerprint density at radius 1 is 0.967 bits per heavy atom. The normalized spacial score (nSPS) is 10.2. The van der Waals surface area contributed by atoms with Crippen molar-refractivity contribution >= 4 is 23.7 Å². The summed E-state index contributed by atoms with van der Waals surface area (Å²) in [4.78, 5) is 24.1. The number of carbonyl (C=O) groups excluding carboxylic acids is 2. The Bertz CT molecular complexity index is 942. The van der Waals surface area contributed by atoms with E-state index in [0.29, 0.717) is 40.9 Å². The highest BCUT2D eigenvalue weighted by Gasteiger charge is 2.16. The molecule has 0 aromatic heterocycles. The molecule has 0 bridgehead atoms. The van der Waals surface area contributed by atoms with Gasteiger partial charge in [-0.15, -0.1) is 0 Å². The van der Waals surface area contributed by atoms with E-state index >= 15 is 0 Å². The highest BCUT2D eigenvalue weighted by atomic mass is 16.5. The van der Waals surface area contributed by atoms with E-state index in [9.17, 15) is 9.59 Å². The Morgan fingerprint density at radius 3 is 2.40 bits per heavy atom. The van der Waals surface area contributed by atoms with E-state index in [2.05, 4.69) is 22.4 Å². The number of nitrogens with one attached hydrogen (secondary N) is 2. The minimum Gasteiger partial charge on any atom is -0.497 e. The number of hydrogen-bond acceptors (Lipinski definition) is 7. The van der Waals surface area contributed by atoms with Crippen LogP contribution in [-0.2, 0) is 9.59 Å². The summed E-state index contributed by atoms with van der Waals surface area (Å²) in [7, 11) is 4.46. The minimum atomic E-state index is -0.943. The smallest absolute Gasteiger partial charge is 0.329 e. The van der Waals surface area contributed by atoms with E-state index < -0.39 is 11.8 Å². The zero-order valence-corrected chi connectivity index (χ0v) is 16.9. The van der Waals surface area contributed by atoms with E-state index in [0.717, 1.165) is 0 Å². The lowest BCUT2D eigenvalue weighted by molar-refractivity contribution is -0.136. The molecule has 0 atom stereocenters. The van der Waals surface area contributed by atoms with Gasteiger partial charge in [-0.05, 0) is 35.9 Å². The highest BCUT2D eigenvalue weighted by molar-refractivity contribution is 6.39. The molecule has 0 spiro atoms. The molecule has 2 N–H and O–H groups in total. The Kier molecular flexibility index (Phi) is 8.25. The van der Waals surface area contributed by atoms with Crippen molar-refractivity contribution in [1.82, 2.24) is 5.43 Å². The van der Waals surface area contributed by atoms with Gasteiger partial charge in [0.05, 0.1) is 33.2 Å². The number of anilines is 1. The van der Waals surface area contributed by atoms with Gasteiger partial charge in [0, 0.05) is 6.07 Å². The predicted octanol–water partition coefficient (Wildman–Crippen LogP) is 2.37. The van der Waals surface area contributed by atoms with Crippen molar-refractivity contribution in [2.75, 3.05) is 33.3 Å². The van der Waals surface area contributed by atoms with Crippen LogP contribution in [0.2, 0.25) is 0 Å². The third-order valence-corrected chi connectivity index (χ3v) is 3.79. The fourth-order valence-corrected chi connectivity index (χ4v) is 2.33. The molecule has 2 rings (SSSR count). The van der Waals surface area contributed by atoms with Crippen molar-refractivity contribution in [2.45, 2.75) is 0 Å². The van der Waals surface area contributed by atoms with Gasteiger partial charge < -0.3 is 24.3 Å². The lowest BCUT2D eigenvalue weighted by atomic mass is 10.2. The average Bonchev–Trinajstić information content (AvgIpc) is 2.77. The van der Waals surface area contributed by atoms with Gasteiger partial charge in [0.1, 0.15) is 18.1 Å². The molecule has 0 radical (unpaired) electrons. The second-order valence-electron chi connectivity index (χ2n) is 5.73. The Hall–Kier alpha value is -4.01. The van der Waals surface area contributed by atoms with Crippen LogP contribution in [0, 0.1) is 0 Å². The van der Waals surface area contributed by atoms with E-state index in [1.807, 2.05) is 0 Å². The molecule has 2 amide bonds. The Labute approximate surface area is 174 Å². The zero-order valence-electron chi connectivity index (χ0n) is 16.9. The highest BCUT2D eigenvalue weighted by Crippen LogP contribution is 2.29. The fraction of sp³-hybridized carbons (Fsp3) is 0.190. The monoisotopic (exact) mass is 413 g/mol. The van der Waals surface area contributed by atoms with Crippen LogP contribution >= 0.6 is 0 Å².